The van der Waals surface area contributed by atoms with E-state index in [2.05, 4.69) is 23.8 Å². The summed E-state index contributed by atoms with van der Waals surface area (Å²) in [7, 11) is 2.28. The van der Waals surface area contributed by atoms with Gasteiger partial charge in [0.1, 0.15) is 0 Å². The molecule has 74 valence electrons. The quantitative estimate of drug-likeness (QED) is 0.660. The van der Waals surface area contributed by atoms with Crippen LogP contribution >= 0.6 is 0 Å². The van der Waals surface area contributed by atoms with E-state index in [-0.39, 0.29) is 0 Å². The summed E-state index contributed by atoms with van der Waals surface area (Å²) < 4.78 is 0. The largest absolute Gasteiger partial charge is 0.310 e. The molecular formula is C11H20N2. The van der Waals surface area contributed by atoms with Gasteiger partial charge in [0, 0.05) is 24.7 Å². The second-order valence-electron chi connectivity index (χ2n) is 4.42. The van der Waals surface area contributed by atoms with Gasteiger partial charge in [-0.25, -0.2) is 0 Å². The van der Waals surface area contributed by atoms with Crippen molar-refractivity contribution in [3.8, 4) is 0 Å². The van der Waals surface area contributed by atoms with Gasteiger partial charge in [-0.3, -0.25) is 0 Å². The van der Waals surface area contributed by atoms with Crippen LogP contribution in [0.4, 0.5) is 0 Å². The Labute approximate surface area is 81.0 Å². The van der Waals surface area contributed by atoms with Crippen LogP contribution in [-0.2, 0) is 0 Å². The summed E-state index contributed by atoms with van der Waals surface area (Å²) in [6.07, 6.45) is 7.45. The third-order valence-electron chi connectivity index (χ3n) is 3.65. The molecule has 2 rings (SSSR count). The van der Waals surface area contributed by atoms with Crippen LogP contribution < -0.4 is 5.32 Å². The van der Waals surface area contributed by atoms with Crippen LogP contribution in [0, 0.1) is 0 Å². The van der Waals surface area contributed by atoms with Crippen LogP contribution in [-0.4, -0.2) is 36.6 Å². The summed E-state index contributed by atoms with van der Waals surface area (Å²) >= 11 is 0. The number of piperidine rings is 1. The number of hydrogen-bond donors (Lipinski definition) is 1. The number of fused-ring (bicyclic) bond motifs is 2. The Morgan fingerprint density at radius 1 is 1.38 bits per heavy atom. The molecule has 2 unspecified atom stereocenters. The van der Waals surface area contributed by atoms with Gasteiger partial charge in [-0.1, -0.05) is 6.08 Å². The third-order valence-corrected chi connectivity index (χ3v) is 3.65. The number of rotatable bonds is 3. The van der Waals surface area contributed by atoms with Gasteiger partial charge in [-0.2, -0.15) is 0 Å². The molecule has 0 saturated carbocycles. The fourth-order valence-electron chi connectivity index (χ4n) is 2.83. The molecule has 2 heteroatoms. The predicted molar refractivity (Wildman–Crippen MR) is 55.8 cm³/mol. The highest BCUT2D eigenvalue weighted by Crippen LogP contribution is 2.33. The van der Waals surface area contributed by atoms with Gasteiger partial charge in [0.2, 0.25) is 0 Å². The minimum atomic E-state index is 0.742. The van der Waals surface area contributed by atoms with E-state index in [0.29, 0.717) is 0 Å². The van der Waals surface area contributed by atoms with Crippen molar-refractivity contribution in [3.63, 3.8) is 0 Å². The maximum Gasteiger partial charge on any atom is 0.0134 e. The van der Waals surface area contributed by atoms with E-state index in [1.54, 1.807) is 0 Å². The Morgan fingerprint density at radius 3 is 2.54 bits per heavy atom. The van der Waals surface area contributed by atoms with Crippen molar-refractivity contribution >= 4 is 0 Å². The zero-order valence-electron chi connectivity index (χ0n) is 8.50. The fraction of sp³-hybridized carbons (Fsp3) is 0.818. The van der Waals surface area contributed by atoms with Crippen LogP contribution in [0.3, 0.4) is 0 Å². The monoisotopic (exact) mass is 180 g/mol. The second-order valence-corrected chi connectivity index (χ2v) is 4.42. The Bertz CT molecular complexity index is 177. The van der Waals surface area contributed by atoms with E-state index in [9.17, 15) is 0 Å². The molecule has 2 aliphatic heterocycles. The van der Waals surface area contributed by atoms with Crippen molar-refractivity contribution < 1.29 is 0 Å². The molecule has 0 aliphatic carbocycles. The standard InChI is InChI=1S/C11H20N2/c1-3-6-12-9-7-10-4-5-11(8-9)13(10)2/h3,9-12H,1,4-8H2,2H3. The Balaban J connectivity index is 1.87. The topological polar surface area (TPSA) is 15.3 Å². The summed E-state index contributed by atoms with van der Waals surface area (Å²) in [5.41, 5.74) is 0. The average Bonchev–Trinajstić information content (AvgIpc) is 2.41. The first-order chi connectivity index (χ1) is 6.31. The van der Waals surface area contributed by atoms with E-state index >= 15 is 0 Å². The summed E-state index contributed by atoms with van der Waals surface area (Å²) in [4.78, 5) is 2.58. The Hall–Kier alpha value is -0.340. The number of nitrogens with one attached hydrogen (secondary N) is 1. The van der Waals surface area contributed by atoms with Gasteiger partial charge in [-0.05, 0) is 32.7 Å². The highest BCUT2D eigenvalue weighted by atomic mass is 15.2. The lowest BCUT2D eigenvalue weighted by Gasteiger charge is -2.36. The van der Waals surface area contributed by atoms with Crippen molar-refractivity contribution in [1.29, 1.82) is 0 Å². The van der Waals surface area contributed by atoms with Crippen molar-refractivity contribution in [3.05, 3.63) is 12.7 Å². The molecule has 2 saturated heterocycles. The first kappa shape index (κ1) is 9.22. The van der Waals surface area contributed by atoms with Crippen LogP contribution in [0.15, 0.2) is 12.7 Å². The SMILES string of the molecule is C=CCNC1CC2CCC(C1)N2C. The lowest BCUT2D eigenvalue weighted by molar-refractivity contribution is 0.150. The van der Waals surface area contributed by atoms with E-state index < -0.39 is 0 Å². The molecular weight excluding hydrogens is 160 g/mol. The molecule has 2 atom stereocenters. The summed E-state index contributed by atoms with van der Waals surface area (Å²) in [6.45, 7) is 4.71. The fourth-order valence-corrected chi connectivity index (χ4v) is 2.83. The first-order valence-corrected chi connectivity index (χ1v) is 5.37. The molecule has 0 aromatic rings. The van der Waals surface area contributed by atoms with Crippen LogP contribution in [0.1, 0.15) is 25.7 Å². The molecule has 13 heavy (non-hydrogen) atoms. The molecule has 2 nitrogen and oxygen atoms in total. The van der Waals surface area contributed by atoms with Crippen LogP contribution in [0.25, 0.3) is 0 Å². The number of hydrogen-bond acceptors (Lipinski definition) is 2. The van der Waals surface area contributed by atoms with Crippen molar-refractivity contribution in [1.82, 2.24) is 10.2 Å². The smallest absolute Gasteiger partial charge is 0.0134 e. The zero-order chi connectivity index (χ0) is 9.26. The van der Waals surface area contributed by atoms with E-state index in [1.807, 2.05) is 6.08 Å². The van der Waals surface area contributed by atoms with Crippen LogP contribution in [0.5, 0.6) is 0 Å². The van der Waals surface area contributed by atoms with Gasteiger partial charge in [0.15, 0.2) is 0 Å². The molecule has 2 bridgehead atoms. The minimum absolute atomic E-state index is 0.742. The van der Waals surface area contributed by atoms with Gasteiger partial charge >= 0.3 is 0 Å². The molecule has 0 radical (unpaired) electrons. The van der Waals surface area contributed by atoms with Crippen LogP contribution in [0.2, 0.25) is 0 Å². The average molecular weight is 180 g/mol. The molecule has 2 heterocycles. The molecule has 0 amide bonds. The zero-order valence-corrected chi connectivity index (χ0v) is 8.50. The summed E-state index contributed by atoms with van der Waals surface area (Å²) in [6, 6.07) is 2.44. The number of nitrogens with zero attached hydrogens (tertiary/aromatic N) is 1. The minimum Gasteiger partial charge on any atom is -0.310 e. The van der Waals surface area contributed by atoms with Gasteiger partial charge in [-0.15, -0.1) is 6.58 Å². The third kappa shape index (κ3) is 1.79. The normalized spacial score (nSPS) is 39.3. The lowest BCUT2D eigenvalue weighted by atomic mass is 9.98. The molecule has 1 N–H and O–H groups in total. The first-order valence-electron chi connectivity index (χ1n) is 5.37. The maximum absolute atomic E-state index is 3.74. The van der Waals surface area contributed by atoms with Crippen molar-refractivity contribution in [2.24, 2.45) is 0 Å². The highest BCUT2D eigenvalue weighted by molar-refractivity contribution is 4.96. The second kappa shape index (κ2) is 3.81. The van der Waals surface area contributed by atoms with Crippen molar-refractivity contribution in [2.75, 3.05) is 13.6 Å². The van der Waals surface area contributed by atoms with E-state index in [4.69, 9.17) is 0 Å². The predicted octanol–water partition coefficient (Wildman–Crippen LogP) is 1.39. The molecule has 0 aromatic heterocycles. The Morgan fingerprint density at radius 2 is 2.00 bits per heavy atom. The van der Waals surface area contributed by atoms with Gasteiger partial charge in [0.05, 0.1) is 0 Å². The molecule has 2 aliphatic rings. The van der Waals surface area contributed by atoms with E-state index in [1.165, 1.54) is 25.7 Å². The van der Waals surface area contributed by atoms with Gasteiger partial charge < -0.3 is 10.2 Å². The summed E-state index contributed by atoms with van der Waals surface area (Å²) in [5.74, 6) is 0. The van der Waals surface area contributed by atoms with Gasteiger partial charge in [0.25, 0.3) is 0 Å². The Kier molecular flexibility index (Phi) is 2.70. The lowest BCUT2D eigenvalue weighted by Crippen LogP contribution is -2.47. The van der Waals surface area contributed by atoms with E-state index in [0.717, 1.165) is 24.7 Å². The highest BCUT2D eigenvalue weighted by Gasteiger charge is 2.37. The van der Waals surface area contributed by atoms with Crippen molar-refractivity contribution in [2.45, 2.75) is 43.8 Å². The molecule has 2 fully saturated rings. The molecule has 0 aromatic carbocycles. The molecule has 0 spiro atoms. The maximum atomic E-state index is 3.74. The summed E-state index contributed by atoms with van der Waals surface area (Å²) in [5, 5.41) is 3.55.